The largest absolute Gasteiger partial charge is 0.340 e. The molecule has 8 nitrogen and oxygen atoms in total. The van der Waals surface area contributed by atoms with Crippen molar-refractivity contribution in [2.45, 2.75) is 87.6 Å². The summed E-state index contributed by atoms with van der Waals surface area (Å²) in [4.78, 5) is 39.7. The van der Waals surface area contributed by atoms with Crippen LogP contribution < -0.4 is 5.32 Å². The van der Waals surface area contributed by atoms with E-state index in [4.69, 9.17) is 0 Å². The first-order chi connectivity index (χ1) is 13.9. The molecule has 3 fully saturated rings. The normalized spacial score (nSPS) is 33.1. The summed E-state index contributed by atoms with van der Waals surface area (Å²) < 4.78 is 26.3. The summed E-state index contributed by atoms with van der Waals surface area (Å²) in [6.07, 6.45) is 11.1. The van der Waals surface area contributed by atoms with Gasteiger partial charge in [0.25, 0.3) is 5.91 Å². The molecular formula is C20H29N3O5S. The van der Waals surface area contributed by atoms with Crippen molar-refractivity contribution in [2.75, 3.05) is 6.54 Å². The highest BCUT2D eigenvalue weighted by Crippen LogP contribution is 2.37. The maximum Gasteiger partial charge on any atom is 0.261 e. The second-order valence-corrected chi connectivity index (χ2v) is 10.6. The van der Waals surface area contributed by atoms with Crippen molar-refractivity contribution in [2.24, 2.45) is 0 Å². The summed E-state index contributed by atoms with van der Waals surface area (Å²) in [7, 11) is -3.66. The molecule has 0 radical (unpaired) electrons. The first-order valence-corrected chi connectivity index (χ1v) is 12.2. The van der Waals surface area contributed by atoms with E-state index in [0.29, 0.717) is 32.2 Å². The van der Waals surface area contributed by atoms with Gasteiger partial charge >= 0.3 is 0 Å². The summed E-state index contributed by atoms with van der Waals surface area (Å²) in [5, 5.41) is 2.27. The zero-order chi connectivity index (χ0) is 20.6. The van der Waals surface area contributed by atoms with Crippen molar-refractivity contribution in [3.8, 4) is 0 Å². The van der Waals surface area contributed by atoms with Crippen LogP contribution >= 0.6 is 0 Å². The molecule has 3 heterocycles. The lowest BCUT2D eigenvalue weighted by Gasteiger charge is -2.45. The van der Waals surface area contributed by atoms with E-state index in [2.05, 4.69) is 5.32 Å². The quantitative estimate of drug-likeness (QED) is 0.529. The fraction of sp³-hybridized carbons (Fsp3) is 0.750. The Bertz CT molecular complexity index is 820. The lowest BCUT2D eigenvalue weighted by atomic mass is 9.97. The van der Waals surface area contributed by atoms with Crippen molar-refractivity contribution in [3.63, 3.8) is 0 Å². The van der Waals surface area contributed by atoms with Gasteiger partial charge in [0.1, 0.15) is 12.1 Å². The predicted molar refractivity (Wildman–Crippen MR) is 106 cm³/mol. The van der Waals surface area contributed by atoms with Crippen LogP contribution in [0.2, 0.25) is 0 Å². The number of nitrogens with zero attached hydrogens (tertiary/aromatic N) is 2. The van der Waals surface area contributed by atoms with Gasteiger partial charge in [-0.1, -0.05) is 25.0 Å². The van der Waals surface area contributed by atoms with Crippen LogP contribution in [0.3, 0.4) is 0 Å². The summed E-state index contributed by atoms with van der Waals surface area (Å²) in [5.74, 6) is -0.934. The van der Waals surface area contributed by atoms with Crippen LogP contribution in [-0.4, -0.2) is 65.3 Å². The highest BCUT2D eigenvalue weighted by molar-refractivity contribution is 7.90. The van der Waals surface area contributed by atoms with Crippen molar-refractivity contribution in [3.05, 3.63) is 12.2 Å². The number of allylic oxidation sites excluding steroid dienone is 1. The summed E-state index contributed by atoms with van der Waals surface area (Å²) in [6.45, 7) is 0.557. The highest BCUT2D eigenvalue weighted by Gasteiger charge is 2.57. The monoisotopic (exact) mass is 423 g/mol. The van der Waals surface area contributed by atoms with E-state index in [0.717, 1.165) is 42.8 Å². The Morgan fingerprint density at radius 1 is 0.966 bits per heavy atom. The standard InChI is InChI=1S/C20H29N3O5S/c24-17-10-6-4-2-1-3-5-8-15-18(21-19(25)16-9-7-13-22(16)17)20(26)23(15)29(27,28)14-11-12-14/h5,8,14-16,18H,1-4,6-7,9-13H2,(H,21,25)/b8-5-/t15?,16-,18?/m0/s1. The van der Waals surface area contributed by atoms with E-state index < -0.39 is 39.3 Å². The minimum absolute atomic E-state index is 0.00919. The molecule has 0 aromatic rings. The molecule has 0 bridgehead atoms. The molecule has 3 atom stereocenters. The highest BCUT2D eigenvalue weighted by atomic mass is 32.2. The zero-order valence-electron chi connectivity index (χ0n) is 16.6. The molecule has 3 aliphatic heterocycles. The van der Waals surface area contributed by atoms with E-state index in [-0.39, 0.29) is 11.8 Å². The molecule has 1 N–H and O–H groups in total. The molecule has 0 aromatic heterocycles. The first-order valence-electron chi connectivity index (χ1n) is 10.7. The average Bonchev–Trinajstić information content (AvgIpc) is 3.44. The lowest BCUT2D eigenvalue weighted by Crippen LogP contribution is -2.72. The van der Waals surface area contributed by atoms with Gasteiger partial charge in [0.2, 0.25) is 21.8 Å². The molecule has 0 spiro atoms. The average molecular weight is 424 g/mol. The Kier molecular flexibility index (Phi) is 5.68. The molecule has 29 heavy (non-hydrogen) atoms. The second kappa shape index (κ2) is 8.08. The third-order valence-corrected chi connectivity index (χ3v) is 8.62. The zero-order valence-corrected chi connectivity index (χ0v) is 17.4. The minimum Gasteiger partial charge on any atom is -0.340 e. The molecule has 2 saturated heterocycles. The molecule has 3 amide bonds. The maximum atomic E-state index is 12.9. The van der Waals surface area contributed by atoms with Gasteiger partial charge in [-0.25, -0.2) is 12.7 Å². The molecule has 4 aliphatic rings. The predicted octanol–water partition coefficient (Wildman–Crippen LogP) is 1.08. The number of carbonyl (C=O) groups excluding carboxylic acids is 3. The Balaban J connectivity index is 1.55. The van der Waals surface area contributed by atoms with Crippen LogP contribution in [0.15, 0.2) is 12.2 Å². The Labute approximate surface area is 171 Å². The molecular weight excluding hydrogens is 394 g/mol. The Hall–Kier alpha value is -1.90. The Morgan fingerprint density at radius 3 is 2.48 bits per heavy atom. The summed E-state index contributed by atoms with van der Waals surface area (Å²) in [6, 6.07) is -2.12. The number of carbonyl (C=O) groups is 3. The number of rotatable bonds is 2. The van der Waals surface area contributed by atoms with Crippen LogP contribution in [0, 0.1) is 0 Å². The van der Waals surface area contributed by atoms with E-state index in [1.165, 1.54) is 0 Å². The molecule has 4 rings (SSSR count). The van der Waals surface area contributed by atoms with Gasteiger partial charge in [0.05, 0.1) is 11.3 Å². The fourth-order valence-electron chi connectivity index (χ4n) is 4.50. The molecule has 0 aromatic carbocycles. The topological polar surface area (TPSA) is 104 Å². The number of fused-ring (bicyclic) bond motifs is 2. The van der Waals surface area contributed by atoms with Gasteiger partial charge in [-0.15, -0.1) is 0 Å². The summed E-state index contributed by atoms with van der Waals surface area (Å²) >= 11 is 0. The first kappa shape index (κ1) is 20.4. The van der Waals surface area contributed by atoms with Crippen LogP contribution in [0.5, 0.6) is 0 Å². The van der Waals surface area contributed by atoms with Gasteiger partial charge in [-0.05, 0) is 44.9 Å². The van der Waals surface area contributed by atoms with Gasteiger partial charge in [-0.3, -0.25) is 14.4 Å². The maximum absolute atomic E-state index is 12.9. The van der Waals surface area contributed by atoms with Crippen LogP contribution in [0.25, 0.3) is 0 Å². The van der Waals surface area contributed by atoms with Crippen LogP contribution in [0.1, 0.15) is 64.2 Å². The Morgan fingerprint density at radius 2 is 1.72 bits per heavy atom. The third-order valence-electron chi connectivity index (χ3n) is 6.33. The van der Waals surface area contributed by atoms with Gasteiger partial charge in [0, 0.05) is 13.0 Å². The number of sulfonamides is 1. The van der Waals surface area contributed by atoms with Crippen molar-refractivity contribution in [1.82, 2.24) is 14.5 Å². The molecule has 1 aliphatic carbocycles. The number of amides is 3. The van der Waals surface area contributed by atoms with Crippen LogP contribution in [0.4, 0.5) is 0 Å². The molecule has 2 unspecified atom stereocenters. The van der Waals surface area contributed by atoms with Crippen molar-refractivity contribution >= 4 is 27.7 Å². The third kappa shape index (κ3) is 3.93. The molecule has 1 saturated carbocycles. The second-order valence-electron chi connectivity index (χ2n) is 8.48. The number of hydrogen-bond donors (Lipinski definition) is 1. The van der Waals surface area contributed by atoms with E-state index in [9.17, 15) is 22.8 Å². The van der Waals surface area contributed by atoms with E-state index in [1.54, 1.807) is 11.0 Å². The van der Waals surface area contributed by atoms with Crippen molar-refractivity contribution in [1.29, 1.82) is 0 Å². The van der Waals surface area contributed by atoms with Crippen LogP contribution in [-0.2, 0) is 24.4 Å². The molecule has 9 heteroatoms. The van der Waals surface area contributed by atoms with E-state index in [1.807, 2.05) is 6.08 Å². The van der Waals surface area contributed by atoms with E-state index >= 15 is 0 Å². The number of nitrogens with one attached hydrogen (secondary N) is 1. The lowest BCUT2D eigenvalue weighted by molar-refractivity contribution is -0.145. The number of hydrogen-bond acceptors (Lipinski definition) is 5. The fourth-order valence-corrected chi connectivity index (χ4v) is 6.45. The van der Waals surface area contributed by atoms with Crippen molar-refractivity contribution < 1.29 is 22.8 Å². The minimum atomic E-state index is -3.66. The van der Waals surface area contributed by atoms with Gasteiger partial charge < -0.3 is 10.2 Å². The van der Waals surface area contributed by atoms with Gasteiger partial charge in [-0.2, -0.15) is 0 Å². The van der Waals surface area contributed by atoms with Gasteiger partial charge in [0.15, 0.2) is 0 Å². The summed E-state index contributed by atoms with van der Waals surface area (Å²) in [5.41, 5.74) is 0. The number of β-lactam (4-membered cyclic amide) rings is 1. The SMILES string of the molecule is O=C1NC2C(=O)N(S(=O)(=O)C3CC3)C2/C=C\CCCCCCC(=O)N2CCC[C@@H]12. The molecule has 160 valence electrons. The smallest absolute Gasteiger partial charge is 0.261 e.